The maximum atomic E-state index is 6.24. The van der Waals surface area contributed by atoms with Crippen LogP contribution in [0.2, 0.25) is 10.0 Å². The second kappa shape index (κ2) is 5.97. The molecule has 1 aliphatic heterocycles. The molecule has 0 radical (unpaired) electrons. The molecule has 0 bridgehead atoms. The van der Waals surface area contributed by atoms with Gasteiger partial charge < -0.3 is 4.90 Å². The van der Waals surface area contributed by atoms with Crippen molar-refractivity contribution in [1.29, 1.82) is 0 Å². The van der Waals surface area contributed by atoms with E-state index >= 15 is 0 Å². The Labute approximate surface area is 127 Å². The SMILES string of the molecule is Clc1cnc(N2CCC[C@@H](Cn3cncn3)C2)c(Cl)c1. The maximum Gasteiger partial charge on any atom is 0.147 e. The summed E-state index contributed by atoms with van der Waals surface area (Å²) in [4.78, 5) is 10.6. The minimum Gasteiger partial charge on any atom is -0.355 e. The Balaban J connectivity index is 1.71. The van der Waals surface area contributed by atoms with Gasteiger partial charge in [-0.25, -0.2) is 9.97 Å². The number of anilines is 1. The molecule has 2 aromatic rings. The van der Waals surface area contributed by atoms with Crippen molar-refractivity contribution in [3.8, 4) is 0 Å². The van der Waals surface area contributed by atoms with Crippen LogP contribution < -0.4 is 4.90 Å². The highest BCUT2D eigenvalue weighted by Crippen LogP contribution is 2.29. The molecule has 0 N–H and O–H groups in total. The fourth-order valence-electron chi connectivity index (χ4n) is 2.64. The molecule has 3 heterocycles. The van der Waals surface area contributed by atoms with Gasteiger partial charge in [0.15, 0.2) is 0 Å². The summed E-state index contributed by atoms with van der Waals surface area (Å²) in [5, 5.41) is 5.34. The first-order chi connectivity index (χ1) is 9.72. The van der Waals surface area contributed by atoms with Gasteiger partial charge in [-0.2, -0.15) is 5.10 Å². The highest BCUT2D eigenvalue weighted by molar-refractivity contribution is 6.36. The van der Waals surface area contributed by atoms with Crippen LogP contribution in [-0.4, -0.2) is 32.8 Å². The number of hydrogen-bond donors (Lipinski definition) is 0. The molecule has 0 unspecified atom stereocenters. The Morgan fingerprint density at radius 3 is 3.00 bits per heavy atom. The number of aromatic nitrogens is 4. The predicted molar refractivity (Wildman–Crippen MR) is 79.2 cm³/mol. The fourth-order valence-corrected chi connectivity index (χ4v) is 3.14. The minimum absolute atomic E-state index is 0.527. The average Bonchev–Trinajstić information content (AvgIpc) is 2.92. The van der Waals surface area contributed by atoms with E-state index in [0.29, 0.717) is 16.0 Å². The third kappa shape index (κ3) is 3.04. The van der Waals surface area contributed by atoms with Crippen molar-refractivity contribution in [1.82, 2.24) is 19.7 Å². The van der Waals surface area contributed by atoms with Crippen molar-refractivity contribution < 1.29 is 0 Å². The highest BCUT2D eigenvalue weighted by atomic mass is 35.5. The number of rotatable bonds is 3. The monoisotopic (exact) mass is 311 g/mol. The van der Waals surface area contributed by atoms with Crippen LogP contribution in [-0.2, 0) is 6.54 Å². The molecule has 3 rings (SSSR count). The van der Waals surface area contributed by atoms with E-state index in [1.807, 2.05) is 4.68 Å². The summed E-state index contributed by atoms with van der Waals surface area (Å²) >= 11 is 12.1. The molecule has 0 amide bonds. The van der Waals surface area contributed by atoms with Gasteiger partial charge in [0, 0.05) is 25.8 Å². The summed E-state index contributed by atoms with van der Waals surface area (Å²) in [6.07, 6.45) is 7.27. The number of halogens is 2. The van der Waals surface area contributed by atoms with Crippen LogP contribution >= 0.6 is 23.2 Å². The smallest absolute Gasteiger partial charge is 0.147 e. The summed E-state index contributed by atoms with van der Waals surface area (Å²) in [6, 6.07) is 1.74. The second-order valence-corrected chi connectivity index (χ2v) is 5.87. The van der Waals surface area contributed by atoms with Crippen molar-refractivity contribution in [2.24, 2.45) is 5.92 Å². The zero-order chi connectivity index (χ0) is 13.9. The second-order valence-electron chi connectivity index (χ2n) is 5.03. The lowest BCUT2D eigenvalue weighted by molar-refractivity contribution is 0.350. The Bertz CT molecular complexity index is 572. The molecule has 106 valence electrons. The molecule has 5 nitrogen and oxygen atoms in total. The number of hydrogen-bond acceptors (Lipinski definition) is 4. The van der Waals surface area contributed by atoms with Gasteiger partial charge in [0.25, 0.3) is 0 Å². The normalized spacial score (nSPS) is 19.3. The third-order valence-corrected chi connectivity index (χ3v) is 4.00. The first-order valence-electron chi connectivity index (χ1n) is 6.61. The first-order valence-corrected chi connectivity index (χ1v) is 7.36. The number of nitrogens with zero attached hydrogens (tertiary/aromatic N) is 5. The first kappa shape index (κ1) is 13.6. The molecule has 20 heavy (non-hydrogen) atoms. The van der Waals surface area contributed by atoms with Gasteiger partial charge in [0.05, 0.1) is 10.0 Å². The molecule has 0 spiro atoms. The van der Waals surface area contributed by atoms with E-state index in [0.717, 1.165) is 31.9 Å². The van der Waals surface area contributed by atoms with Crippen LogP contribution in [0, 0.1) is 5.92 Å². The largest absolute Gasteiger partial charge is 0.355 e. The predicted octanol–water partition coefficient (Wildman–Crippen LogP) is 2.90. The average molecular weight is 312 g/mol. The molecule has 1 saturated heterocycles. The van der Waals surface area contributed by atoms with Gasteiger partial charge >= 0.3 is 0 Å². The Hall–Kier alpha value is -1.33. The van der Waals surface area contributed by atoms with Crippen molar-refractivity contribution in [3.05, 3.63) is 35.0 Å². The Morgan fingerprint density at radius 2 is 2.25 bits per heavy atom. The van der Waals surface area contributed by atoms with Crippen molar-refractivity contribution in [3.63, 3.8) is 0 Å². The topological polar surface area (TPSA) is 46.8 Å². The van der Waals surface area contributed by atoms with Gasteiger partial charge in [-0.1, -0.05) is 23.2 Å². The molecular formula is C13H15Cl2N5. The van der Waals surface area contributed by atoms with Crippen molar-refractivity contribution in [2.45, 2.75) is 19.4 Å². The summed E-state index contributed by atoms with van der Waals surface area (Å²) in [5.41, 5.74) is 0. The van der Waals surface area contributed by atoms with Gasteiger partial charge in [0.1, 0.15) is 18.5 Å². The van der Waals surface area contributed by atoms with Crippen LogP contribution in [0.15, 0.2) is 24.9 Å². The van der Waals surface area contributed by atoms with Crippen LogP contribution in [0.25, 0.3) is 0 Å². The standard InChI is InChI=1S/C13H15Cl2N5/c14-11-4-12(15)13(17-5-11)19-3-1-2-10(6-19)7-20-9-16-8-18-20/h4-5,8-10H,1-3,6-7H2/t10-/m1/s1. The van der Waals surface area contributed by atoms with E-state index in [4.69, 9.17) is 23.2 Å². The molecule has 1 atom stereocenters. The van der Waals surface area contributed by atoms with E-state index in [9.17, 15) is 0 Å². The summed E-state index contributed by atoms with van der Waals surface area (Å²) in [5.74, 6) is 1.35. The fraction of sp³-hybridized carbons (Fsp3) is 0.462. The van der Waals surface area contributed by atoms with Crippen LogP contribution in [0.4, 0.5) is 5.82 Å². The van der Waals surface area contributed by atoms with Crippen LogP contribution in [0.1, 0.15) is 12.8 Å². The number of piperidine rings is 1. The zero-order valence-electron chi connectivity index (χ0n) is 10.9. The molecule has 7 heteroatoms. The molecule has 1 aliphatic rings. The highest BCUT2D eigenvalue weighted by Gasteiger charge is 2.23. The Morgan fingerprint density at radius 1 is 1.35 bits per heavy atom. The van der Waals surface area contributed by atoms with Crippen LogP contribution in [0.3, 0.4) is 0 Å². The molecular weight excluding hydrogens is 297 g/mol. The van der Waals surface area contributed by atoms with E-state index in [1.54, 1.807) is 24.9 Å². The molecule has 0 aliphatic carbocycles. The summed E-state index contributed by atoms with van der Waals surface area (Å²) in [7, 11) is 0. The third-order valence-electron chi connectivity index (χ3n) is 3.52. The molecule has 1 fully saturated rings. The quantitative estimate of drug-likeness (QED) is 0.874. The lowest BCUT2D eigenvalue weighted by Crippen LogP contribution is -2.37. The molecule has 0 aromatic carbocycles. The lowest BCUT2D eigenvalue weighted by atomic mass is 9.98. The van der Waals surface area contributed by atoms with Crippen molar-refractivity contribution in [2.75, 3.05) is 18.0 Å². The van der Waals surface area contributed by atoms with Gasteiger partial charge in [-0.15, -0.1) is 0 Å². The maximum absolute atomic E-state index is 6.24. The summed E-state index contributed by atoms with van der Waals surface area (Å²) in [6.45, 7) is 2.78. The lowest BCUT2D eigenvalue weighted by Gasteiger charge is -2.33. The van der Waals surface area contributed by atoms with Gasteiger partial charge in [-0.3, -0.25) is 4.68 Å². The zero-order valence-corrected chi connectivity index (χ0v) is 12.4. The van der Waals surface area contributed by atoms with Crippen molar-refractivity contribution >= 4 is 29.0 Å². The molecule has 0 saturated carbocycles. The number of pyridine rings is 1. The van der Waals surface area contributed by atoms with Gasteiger partial charge in [-0.05, 0) is 24.8 Å². The van der Waals surface area contributed by atoms with E-state index < -0.39 is 0 Å². The van der Waals surface area contributed by atoms with Crippen LogP contribution in [0.5, 0.6) is 0 Å². The Kier molecular flexibility index (Phi) is 4.08. The summed E-state index contributed by atoms with van der Waals surface area (Å²) < 4.78 is 1.88. The molecule has 2 aromatic heterocycles. The van der Waals surface area contributed by atoms with E-state index in [1.165, 1.54) is 6.42 Å². The van der Waals surface area contributed by atoms with E-state index in [-0.39, 0.29) is 0 Å². The van der Waals surface area contributed by atoms with E-state index in [2.05, 4.69) is 20.0 Å². The van der Waals surface area contributed by atoms with Gasteiger partial charge in [0.2, 0.25) is 0 Å². The minimum atomic E-state index is 0.527.